The summed E-state index contributed by atoms with van der Waals surface area (Å²) in [5, 5.41) is 10.9. The highest BCUT2D eigenvalue weighted by molar-refractivity contribution is 14.1. The fraction of sp³-hybridized carbons (Fsp3) is 0.0556. The van der Waals surface area contributed by atoms with Crippen molar-refractivity contribution in [3.63, 3.8) is 0 Å². The lowest BCUT2D eigenvalue weighted by Gasteiger charge is -2.07. The predicted molar refractivity (Wildman–Crippen MR) is 101 cm³/mol. The summed E-state index contributed by atoms with van der Waals surface area (Å²) in [6.45, 7) is 0. The number of nitrogens with zero attached hydrogens (tertiary/aromatic N) is 2. The largest absolute Gasteiger partial charge is 0.480 e. The zero-order valence-corrected chi connectivity index (χ0v) is 15.0. The lowest BCUT2D eigenvalue weighted by atomic mass is 10.1. The van der Waals surface area contributed by atoms with Crippen molar-refractivity contribution in [2.45, 2.75) is 0 Å². The molecule has 0 unspecified atom stereocenters. The van der Waals surface area contributed by atoms with Gasteiger partial charge in [0.15, 0.2) is 0 Å². The third kappa shape index (κ3) is 3.88. The molecular weight excluding hydrogens is 417 g/mol. The van der Waals surface area contributed by atoms with Crippen LogP contribution in [0.5, 0.6) is 5.88 Å². The van der Waals surface area contributed by atoms with Crippen LogP contribution >= 0.6 is 22.6 Å². The van der Waals surface area contributed by atoms with Gasteiger partial charge >= 0.3 is 0 Å². The summed E-state index contributed by atoms with van der Waals surface area (Å²) in [4.78, 5) is 12.2. The normalized spacial score (nSPS) is 10.2. The van der Waals surface area contributed by atoms with Crippen LogP contribution in [-0.2, 0) is 0 Å². The third-order valence-corrected chi connectivity index (χ3v) is 4.11. The number of ether oxygens (including phenoxy) is 1. The Labute approximate surface area is 153 Å². The summed E-state index contributed by atoms with van der Waals surface area (Å²) < 4.78 is 6.09. The van der Waals surface area contributed by atoms with Crippen LogP contribution in [0.1, 0.15) is 10.4 Å². The van der Waals surface area contributed by atoms with Crippen LogP contribution in [0.25, 0.3) is 11.3 Å². The standard InChI is InChI=1S/C18H14IN3O2/c1-24-17-11-10-16(21-22-17)12-4-8-15(9-5-12)20-18(23)13-2-6-14(19)7-3-13/h2-11H,1H3,(H,20,23). The van der Waals surface area contributed by atoms with Gasteiger partial charge in [-0.3, -0.25) is 4.79 Å². The molecule has 0 aliphatic rings. The Hall–Kier alpha value is -2.48. The Morgan fingerprint density at radius 2 is 1.67 bits per heavy atom. The quantitative estimate of drug-likeness (QED) is 0.635. The number of hydrogen-bond acceptors (Lipinski definition) is 4. The molecule has 3 aromatic rings. The zero-order valence-electron chi connectivity index (χ0n) is 12.9. The first-order valence-electron chi connectivity index (χ1n) is 7.21. The smallest absolute Gasteiger partial charge is 0.255 e. The van der Waals surface area contributed by atoms with Gasteiger partial charge in [-0.15, -0.1) is 10.2 Å². The van der Waals surface area contributed by atoms with E-state index < -0.39 is 0 Å². The van der Waals surface area contributed by atoms with Gasteiger partial charge in [0, 0.05) is 26.5 Å². The summed E-state index contributed by atoms with van der Waals surface area (Å²) in [5.41, 5.74) is 3.01. The Balaban J connectivity index is 1.71. The van der Waals surface area contributed by atoms with E-state index in [1.807, 2.05) is 42.5 Å². The second-order valence-electron chi connectivity index (χ2n) is 5.00. The van der Waals surface area contributed by atoms with E-state index in [0.29, 0.717) is 11.4 Å². The Bertz CT molecular complexity index is 832. The van der Waals surface area contributed by atoms with E-state index in [1.165, 1.54) is 0 Å². The maximum Gasteiger partial charge on any atom is 0.255 e. The summed E-state index contributed by atoms with van der Waals surface area (Å²) in [7, 11) is 1.55. The highest BCUT2D eigenvalue weighted by atomic mass is 127. The molecule has 120 valence electrons. The van der Waals surface area contributed by atoms with Gasteiger partial charge < -0.3 is 10.1 Å². The average Bonchev–Trinajstić information content (AvgIpc) is 2.63. The molecule has 0 fully saturated rings. The minimum Gasteiger partial charge on any atom is -0.480 e. The van der Waals surface area contributed by atoms with Crippen LogP contribution in [0.3, 0.4) is 0 Å². The van der Waals surface area contributed by atoms with Gasteiger partial charge in [0.1, 0.15) is 0 Å². The molecule has 0 bridgehead atoms. The molecule has 1 N–H and O–H groups in total. The summed E-state index contributed by atoms with van der Waals surface area (Å²) >= 11 is 2.21. The molecule has 0 radical (unpaired) electrons. The van der Waals surface area contributed by atoms with Crippen molar-refractivity contribution in [1.82, 2.24) is 10.2 Å². The van der Waals surface area contributed by atoms with Gasteiger partial charge in [-0.1, -0.05) is 12.1 Å². The molecule has 0 saturated heterocycles. The van der Waals surface area contributed by atoms with Gasteiger partial charge in [-0.25, -0.2) is 0 Å². The van der Waals surface area contributed by atoms with Gasteiger partial charge in [0.05, 0.1) is 12.8 Å². The fourth-order valence-corrected chi connectivity index (χ4v) is 2.47. The first-order valence-corrected chi connectivity index (χ1v) is 8.28. The van der Waals surface area contributed by atoms with Crippen molar-refractivity contribution in [3.05, 3.63) is 69.8 Å². The SMILES string of the molecule is COc1ccc(-c2ccc(NC(=O)c3ccc(I)cc3)cc2)nn1. The maximum absolute atomic E-state index is 12.2. The molecule has 0 atom stereocenters. The van der Waals surface area contributed by atoms with E-state index in [2.05, 4.69) is 38.1 Å². The lowest BCUT2D eigenvalue weighted by Crippen LogP contribution is -2.11. The number of carbonyl (C=O) groups excluding carboxylic acids is 1. The third-order valence-electron chi connectivity index (χ3n) is 3.39. The van der Waals surface area contributed by atoms with E-state index in [1.54, 1.807) is 25.3 Å². The van der Waals surface area contributed by atoms with E-state index in [-0.39, 0.29) is 5.91 Å². The molecule has 1 aromatic heterocycles. The second-order valence-corrected chi connectivity index (χ2v) is 6.24. The van der Waals surface area contributed by atoms with Gasteiger partial charge in [-0.2, -0.15) is 0 Å². The number of carbonyl (C=O) groups is 1. The first kappa shape index (κ1) is 16.4. The van der Waals surface area contributed by atoms with Crippen molar-refractivity contribution >= 4 is 34.2 Å². The van der Waals surface area contributed by atoms with Crippen molar-refractivity contribution in [2.75, 3.05) is 12.4 Å². The number of halogens is 1. The number of methoxy groups -OCH3 is 1. The molecule has 0 saturated carbocycles. The second kappa shape index (κ2) is 7.39. The fourth-order valence-electron chi connectivity index (χ4n) is 2.11. The highest BCUT2D eigenvalue weighted by Gasteiger charge is 2.07. The minimum absolute atomic E-state index is 0.136. The van der Waals surface area contributed by atoms with Crippen LogP contribution < -0.4 is 10.1 Å². The molecule has 24 heavy (non-hydrogen) atoms. The van der Waals surface area contributed by atoms with E-state index >= 15 is 0 Å². The number of anilines is 1. The maximum atomic E-state index is 12.2. The number of amides is 1. The summed E-state index contributed by atoms with van der Waals surface area (Å²) in [6.07, 6.45) is 0. The lowest BCUT2D eigenvalue weighted by molar-refractivity contribution is 0.102. The summed E-state index contributed by atoms with van der Waals surface area (Å²) in [5.74, 6) is 0.337. The molecule has 2 aromatic carbocycles. The van der Waals surface area contributed by atoms with E-state index in [9.17, 15) is 4.79 Å². The number of benzene rings is 2. The van der Waals surface area contributed by atoms with Crippen LogP contribution in [0.4, 0.5) is 5.69 Å². The van der Waals surface area contributed by atoms with Gasteiger partial charge in [0.25, 0.3) is 5.91 Å². The first-order chi connectivity index (χ1) is 11.7. The number of aromatic nitrogens is 2. The molecular formula is C18H14IN3O2. The molecule has 3 rings (SSSR count). The van der Waals surface area contributed by atoms with E-state index in [0.717, 1.165) is 20.5 Å². The molecule has 0 aliphatic carbocycles. The van der Waals surface area contributed by atoms with Crippen LogP contribution in [0.15, 0.2) is 60.7 Å². The average molecular weight is 431 g/mol. The topological polar surface area (TPSA) is 64.1 Å². The molecule has 6 heteroatoms. The van der Waals surface area contributed by atoms with Crippen molar-refractivity contribution in [1.29, 1.82) is 0 Å². The van der Waals surface area contributed by atoms with Crippen molar-refractivity contribution in [2.24, 2.45) is 0 Å². The Kier molecular flexibility index (Phi) is 5.05. The van der Waals surface area contributed by atoms with Crippen LogP contribution in [-0.4, -0.2) is 23.2 Å². The Morgan fingerprint density at radius 1 is 0.958 bits per heavy atom. The number of hydrogen-bond donors (Lipinski definition) is 1. The molecule has 5 nitrogen and oxygen atoms in total. The van der Waals surface area contributed by atoms with Crippen LogP contribution in [0, 0.1) is 3.57 Å². The Morgan fingerprint density at radius 3 is 2.25 bits per heavy atom. The number of nitrogens with one attached hydrogen (secondary N) is 1. The minimum atomic E-state index is -0.136. The van der Waals surface area contributed by atoms with E-state index in [4.69, 9.17) is 4.74 Å². The summed E-state index contributed by atoms with van der Waals surface area (Å²) in [6, 6.07) is 18.5. The molecule has 1 heterocycles. The van der Waals surface area contributed by atoms with Gasteiger partial charge in [0.2, 0.25) is 5.88 Å². The van der Waals surface area contributed by atoms with Crippen LogP contribution in [0.2, 0.25) is 0 Å². The zero-order chi connectivity index (χ0) is 16.9. The monoisotopic (exact) mass is 431 g/mol. The van der Waals surface area contributed by atoms with Crippen molar-refractivity contribution in [3.8, 4) is 17.1 Å². The molecule has 0 aliphatic heterocycles. The van der Waals surface area contributed by atoms with Gasteiger partial charge in [-0.05, 0) is 65.1 Å². The highest BCUT2D eigenvalue weighted by Crippen LogP contribution is 2.20. The molecule has 0 spiro atoms. The van der Waals surface area contributed by atoms with Crippen molar-refractivity contribution < 1.29 is 9.53 Å². The number of rotatable bonds is 4. The molecule has 1 amide bonds. The predicted octanol–water partition coefficient (Wildman–Crippen LogP) is 4.01.